The van der Waals surface area contributed by atoms with Gasteiger partial charge in [0, 0.05) is 31.5 Å². The van der Waals surface area contributed by atoms with E-state index < -0.39 is 10.0 Å². The fourth-order valence-electron chi connectivity index (χ4n) is 4.22. The monoisotopic (exact) mass is 420 g/mol. The minimum Gasteiger partial charge on any atom is -0.438 e. The Labute approximate surface area is 168 Å². The lowest BCUT2D eigenvalue weighted by Crippen LogP contribution is -2.36. The largest absolute Gasteiger partial charge is 0.438 e. The maximum Gasteiger partial charge on any atom is 0.283 e. The van der Waals surface area contributed by atoms with Crippen molar-refractivity contribution in [1.29, 1.82) is 0 Å². The highest BCUT2D eigenvalue weighted by Crippen LogP contribution is 2.40. The van der Waals surface area contributed by atoms with Crippen LogP contribution in [0.25, 0.3) is 11.7 Å². The van der Waals surface area contributed by atoms with Crippen molar-refractivity contribution < 1.29 is 22.0 Å². The van der Waals surface area contributed by atoms with Crippen LogP contribution in [0.5, 0.6) is 0 Å². The standard InChI is InChI=1S/C19H24N4O5S/c24-16-9-12(11-23(16)14-3-1-2-4-14)10-20-29(25,26)17-8-7-15(27-17)19-22-21-18(28-19)13-5-6-13/h7-8,12-14,20H,1-6,9-11H2/t12-/m1/s1. The number of aromatic nitrogens is 2. The quantitative estimate of drug-likeness (QED) is 0.730. The lowest BCUT2D eigenvalue weighted by atomic mass is 10.1. The molecule has 1 aliphatic heterocycles. The van der Waals surface area contributed by atoms with Gasteiger partial charge in [0.25, 0.3) is 15.9 Å². The fourth-order valence-corrected chi connectivity index (χ4v) is 5.27. The number of hydrogen-bond donors (Lipinski definition) is 1. The number of hydrogen-bond acceptors (Lipinski definition) is 7. The van der Waals surface area contributed by atoms with Crippen molar-refractivity contribution in [2.45, 2.75) is 62.0 Å². The van der Waals surface area contributed by atoms with Gasteiger partial charge in [0.15, 0.2) is 5.76 Å². The Kier molecular flexibility index (Phi) is 4.70. The highest BCUT2D eigenvalue weighted by Gasteiger charge is 2.36. The molecule has 2 saturated carbocycles. The molecule has 0 radical (unpaired) electrons. The number of nitrogens with zero attached hydrogens (tertiary/aromatic N) is 3. The van der Waals surface area contributed by atoms with Crippen LogP contribution in [0.1, 0.15) is 56.8 Å². The maximum atomic E-state index is 12.6. The summed E-state index contributed by atoms with van der Waals surface area (Å²) >= 11 is 0. The summed E-state index contributed by atoms with van der Waals surface area (Å²) in [4.78, 5) is 14.2. The molecule has 1 atom stereocenters. The van der Waals surface area contributed by atoms with Crippen molar-refractivity contribution in [3.63, 3.8) is 0 Å². The first-order valence-corrected chi connectivity index (χ1v) is 11.7. The number of sulfonamides is 1. The molecule has 0 aromatic carbocycles. The molecule has 1 amide bonds. The fraction of sp³-hybridized carbons (Fsp3) is 0.632. The van der Waals surface area contributed by atoms with Crippen molar-refractivity contribution in [3.8, 4) is 11.7 Å². The van der Waals surface area contributed by atoms with E-state index in [4.69, 9.17) is 8.83 Å². The van der Waals surface area contributed by atoms with Crippen molar-refractivity contribution in [3.05, 3.63) is 18.0 Å². The molecule has 5 rings (SSSR count). The number of furan rings is 1. The Hall–Kier alpha value is -2.20. The number of carbonyl (C=O) groups excluding carboxylic acids is 1. The van der Waals surface area contributed by atoms with E-state index in [1.165, 1.54) is 12.1 Å². The lowest BCUT2D eigenvalue weighted by Gasteiger charge is -2.24. The van der Waals surface area contributed by atoms with Crippen LogP contribution in [0.15, 0.2) is 26.1 Å². The third-order valence-electron chi connectivity index (χ3n) is 5.99. The van der Waals surface area contributed by atoms with Gasteiger partial charge in [0.2, 0.25) is 16.9 Å². The van der Waals surface area contributed by atoms with Gasteiger partial charge in [-0.1, -0.05) is 12.8 Å². The minimum atomic E-state index is -3.82. The zero-order valence-electron chi connectivity index (χ0n) is 16.0. The average Bonchev–Trinajstić information content (AvgIpc) is 3.17. The highest BCUT2D eigenvalue weighted by molar-refractivity contribution is 7.89. The van der Waals surface area contributed by atoms with Crippen LogP contribution in [-0.2, 0) is 14.8 Å². The Balaban J connectivity index is 1.21. The van der Waals surface area contributed by atoms with E-state index in [0.717, 1.165) is 38.5 Å². The molecule has 0 bridgehead atoms. The second-order valence-corrected chi connectivity index (χ2v) is 9.94. The van der Waals surface area contributed by atoms with Crippen LogP contribution >= 0.6 is 0 Å². The highest BCUT2D eigenvalue weighted by atomic mass is 32.2. The molecule has 10 heteroatoms. The molecule has 0 spiro atoms. The maximum absolute atomic E-state index is 12.6. The van der Waals surface area contributed by atoms with Gasteiger partial charge in [-0.05, 0) is 43.7 Å². The average molecular weight is 420 g/mol. The van der Waals surface area contributed by atoms with E-state index in [1.54, 1.807) is 0 Å². The Morgan fingerprint density at radius 3 is 2.66 bits per heavy atom. The summed E-state index contributed by atoms with van der Waals surface area (Å²) in [6, 6.07) is 3.22. The minimum absolute atomic E-state index is 0.0238. The number of likely N-dealkylation sites (tertiary alicyclic amines) is 1. The molecule has 29 heavy (non-hydrogen) atoms. The summed E-state index contributed by atoms with van der Waals surface area (Å²) in [5, 5.41) is 7.72. The van der Waals surface area contributed by atoms with Crippen LogP contribution < -0.4 is 4.72 Å². The first-order valence-electron chi connectivity index (χ1n) is 10.2. The molecule has 1 saturated heterocycles. The summed E-state index contributed by atoms with van der Waals surface area (Å²) < 4.78 is 38.8. The van der Waals surface area contributed by atoms with Gasteiger partial charge in [0.1, 0.15) is 0 Å². The Morgan fingerprint density at radius 2 is 1.90 bits per heavy atom. The topological polar surface area (TPSA) is 119 Å². The molecule has 2 aromatic heterocycles. The van der Waals surface area contributed by atoms with E-state index in [1.807, 2.05) is 4.90 Å². The van der Waals surface area contributed by atoms with Crippen LogP contribution in [0.3, 0.4) is 0 Å². The molecule has 3 heterocycles. The first kappa shape index (κ1) is 18.8. The molecule has 9 nitrogen and oxygen atoms in total. The number of carbonyl (C=O) groups is 1. The van der Waals surface area contributed by atoms with Gasteiger partial charge in [-0.3, -0.25) is 4.79 Å². The smallest absolute Gasteiger partial charge is 0.283 e. The molecule has 156 valence electrons. The molecule has 1 N–H and O–H groups in total. The van der Waals surface area contributed by atoms with E-state index in [2.05, 4.69) is 14.9 Å². The molecule has 2 aromatic rings. The van der Waals surface area contributed by atoms with Gasteiger partial charge in [-0.2, -0.15) is 0 Å². The summed E-state index contributed by atoms with van der Waals surface area (Å²) in [6.45, 7) is 0.821. The Morgan fingerprint density at radius 1 is 1.10 bits per heavy atom. The van der Waals surface area contributed by atoms with Crippen molar-refractivity contribution >= 4 is 15.9 Å². The first-order chi connectivity index (χ1) is 14.0. The predicted molar refractivity (Wildman–Crippen MR) is 101 cm³/mol. The molecule has 2 aliphatic carbocycles. The van der Waals surface area contributed by atoms with Gasteiger partial charge in [-0.15, -0.1) is 10.2 Å². The van der Waals surface area contributed by atoms with Gasteiger partial charge < -0.3 is 13.7 Å². The van der Waals surface area contributed by atoms with Gasteiger partial charge in [-0.25, -0.2) is 13.1 Å². The van der Waals surface area contributed by atoms with Gasteiger partial charge >= 0.3 is 0 Å². The Bertz CT molecular complexity index is 1000. The third kappa shape index (κ3) is 3.83. The third-order valence-corrected chi connectivity index (χ3v) is 7.29. The number of rotatable bonds is 7. The molecular weight excluding hydrogens is 396 g/mol. The second-order valence-electron chi connectivity index (χ2n) is 8.24. The summed E-state index contributed by atoms with van der Waals surface area (Å²) in [5.41, 5.74) is 0. The van der Waals surface area contributed by atoms with E-state index in [-0.39, 0.29) is 35.1 Å². The predicted octanol–water partition coefficient (Wildman–Crippen LogP) is 2.28. The van der Waals surface area contributed by atoms with Crippen LogP contribution in [0, 0.1) is 5.92 Å². The van der Waals surface area contributed by atoms with Crippen molar-refractivity contribution in [1.82, 2.24) is 19.8 Å². The second kappa shape index (κ2) is 7.24. The number of amides is 1. The van der Waals surface area contributed by atoms with Crippen molar-refractivity contribution in [2.75, 3.05) is 13.1 Å². The van der Waals surface area contributed by atoms with Crippen LogP contribution in [0.4, 0.5) is 0 Å². The van der Waals surface area contributed by atoms with Crippen molar-refractivity contribution in [2.24, 2.45) is 5.92 Å². The molecule has 3 aliphatic rings. The molecule has 3 fully saturated rings. The van der Waals surface area contributed by atoms with Crippen LogP contribution in [0.2, 0.25) is 0 Å². The zero-order chi connectivity index (χ0) is 20.0. The van der Waals surface area contributed by atoms with E-state index in [9.17, 15) is 13.2 Å². The lowest BCUT2D eigenvalue weighted by molar-refractivity contribution is -0.129. The van der Waals surface area contributed by atoms with E-state index in [0.29, 0.717) is 30.8 Å². The van der Waals surface area contributed by atoms with E-state index >= 15 is 0 Å². The summed E-state index contributed by atoms with van der Waals surface area (Å²) in [6.07, 6.45) is 6.88. The van der Waals surface area contributed by atoms with Gasteiger partial charge in [0.05, 0.1) is 0 Å². The summed E-state index contributed by atoms with van der Waals surface area (Å²) in [7, 11) is -3.82. The van der Waals surface area contributed by atoms with Crippen LogP contribution in [-0.4, -0.2) is 48.6 Å². The molecular formula is C19H24N4O5S. The SMILES string of the molecule is O=C1C[C@H](CNS(=O)(=O)c2ccc(-c3nnc(C4CC4)o3)o2)CN1C1CCCC1. The normalized spacial score (nSPS) is 23.4. The summed E-state index contributed by atoms with van der Waals surface area (Å²) in [5.74, 6) is 1.40. The zero-order valence-corrected chi connectivity index (χ0v) is 16.9. The number of nitrogens with one attached hydrogen (secondary N) is 1. The molecule has 0 unspecified atom stereocenters.